The standard InChI is InChI=1S/C16H18BrNO2/c1-11-7-14(4-5-15(11)17)20-10-13-8-12(9-18)3-6-16(13)19-2/h3-8H,9-10,18H2,1-2H3. The first kappa shape index (κ1) is 14.9. The number of halogens is 1. The monoisotopic (exact) mass is 335 g/mol. The Kier molecular flexibility index (Phi) is 5.04. The normalized spacial score (nSPS) is 10.4. The lowest BCUT2D eigenvalue weighted by Crippen LogP contribution is -2.02. The first-order valence-corrected chi connectivity index (χ1v) is 7.18. The van der Waals surface area contributed by atoms with Crippen molar-refractivity contribution < 1.29 is 9.47 Å². The van der Waals surface area contributed by atoms with Gasteiger partial charge < -0.3 is 15.2 Å². The Labute approximate surface area is 127 Å². The van der Waals surface area contributed by atoms with Crippen molar-refractivity contribution in [1.29, 1.82) is 0 Å². The summed E-state index contributed by atoms with van der Waals surface area (Å²) in [6.45, 7) is 3.00. The van der Waals surface area contributed by atoms with Crippen molar-refractivity contribution in [3.8, 4) is 11.5 Å². The minimum Gasteiger partial charge on any atom is -0.496 e. The number of methoxy groups -OCH3 is 1. The zero-order chi connectivity index (χ0) is 14.5. The quantitative estimate of drug-likeness (QED) is 0.903. The van der Waals surface area contributed by atoms with Crippen molar-refractivity contribution in [2.24, 2.45) is 5.73 Å². The molecule has 3 nitrogen and oxygen atoms in total. The molecule has 0 radical (unpaired) electrons. The van der Waals surface area contributed by atoms with Gasteiger partial charge in [-0.3, -0.25) is 0 Å². The SMILES string of the molecule is COc1ccc(CN)cc1COc1ccc(Br)c(C)c1. The van der Waals surface area contributed by atoms with Gasteiger partial charge in [-0.2, -0.15) is 0 Å². The average molecular weight is 336 g/mol. The highest BCUT2D eigenvalue weighted by atomic mass is 79.9. The average Bonchev–Trinajstić information content (AvgIpc) is 2.48. The number of aryl methyl sites for hydroxylation is 1. The van der Waals surface area contributed by atoms with Crippen LogP contribution in [-0.4, -0.2) is 7.11 Å². The molecule has 0 unspecified atom stereocenters. The maximum absolute atomic E-state index is 5.83. The van der Waals surface area contributed by atoms with E-state index in [2.05, 4.69) is 15.9 Å². The van der Waals surface area contributed by atoms with Crippen LogP contribution in [0.4, 0.5) is 0 Å². The maximum Gasteiger partial charge on any atom is 0.125 e. The van der Waals surface area contributed by atoms with Crippen LogP contribution in [-0.2, 0) is 13.2 Å². The van der Waals surface area contributed by atoms with Crippen LogP contribution in [0.2, 0.25) is 0 Å². The van der Waals surface area contributed by atoms with Gasteiger partial charge in [0, 0.05) is 16.6 Å². The van der Waals surface area contributed by atoms with Crippen LogP contribution in [0.25, 0.3) is 0 Å². The molecular formula is C16H18BrNO2. The molecule has 2 aromatic rings. The van der Waals surface area contributed by atoms with Gasteiger partial charge in [0.15, 0.2) is 0 Å². The largest absolute Gasteiger partial charge is 0.496 e. The molecule has 2 N–H and O–H groups in total. The third kappa shape index (κ3) is 3.52. The number of benzene rings is 2. The molecule has 20 heavy (non-hydrogen) atoms. The predicted molar refractivity (Wildman–Crippen MR) is 84.1 cm³/mol. The minimum atomic E-state index is 0.456. The molecule has 0 aliphatic heterocycles. The van der Waals surface area contributed by atoms with E-state index in [4.69, 9.17) is 15.2 Å². The van der Waals surface area contributed by atoms with Gasteiger partial charge in [-0.15, -0.1) is 0 Å². The minimum absolute atomic E-state index is 0.456. The van der Waals surface area contributed by atoms with Crippen molar-refractivity contribution in [2.45, 2.75) is 20.1 Å². The zero-order valence-corrected chi connectivity index (χ0v) is 13.2. The van der Waals surface area contributed by atoms with E-state index >= 15 is 0 Å². The Morgan fingerprint density at radius 1 is 1.15 bits per heavy atom. The summed E-state index contributed by atoms with van der Waals surface area (Å²) in [5.41, 5.74) is 8.87. The van der Waals surface area contributed by atoms with Gasteiger partial charge in [-0.05, 0) is 48.4 Å². The van der Waals surface area contributed by atoms with Gasteiger partial charge in [-0.25, -0.2) is 0 Å². The van der Waals surface area contributed by atoms with Crippen LogP contribution in [0.15, 0.2) is 40.9 Å². The first-order valence-electron chi connectivity index (χ1n) is 6.39. The van der Waals surface area contributed by atoms with Gasteiger partial charge in [-0.1, -0.05) is 22.0 Å². The highest BCUT2D eigenvalue weighted by molar-refractivity contribution is 9.10. The molecule has 0 fully saturated rings. The van der Waals surface area contributed by atoms with Crippen LogP contribution in [0, 0.1) is 6.92 Å². The molecule has 4 heteroatoms. The molecular weight excluding hydrogens is 318 g/mol. The number of rotatable bonds is 5. The number of hydrogen-bond acceptors (Lipinski definition) is 3. The Bertz CT molecular complexity index is 599. The lowest BCUT2D eigenvalue weighted by Gasteiger charge is -2.12. The number of hydrogen-bond donors (Lipinski definition) is 1. The smallest absolute Gasteiger partial charge is 0.125 e. The van der Waals surface area contributed by atoms with Crippen LogP contribution in [0.5, 0.6) is 11.5 Å². The second kappa shape index (κ2) is 6.77. The molecule has 106 valence electrons. The third-order valence-electron chi connectivity index (χ3n) is 3.10. The molecule has 2 rings (SSSR count). The molecule has 0 saturated carbocycles. The fourth-order valence-corrected chi connectivity index (χ4v) is 2.19. The summed E-state index contributed by atoms with van der Waals surface area (Å²) in [6, 6.07) is 11.8. The van der Waals surface area contributed by atoms with Gasteiger partial charge in [0.25, 0.3) is 0 Å². The van der Waals surface area contributed by atoms with Gasteiger partial charge in [0.2, 0.25) is 0 Å². The van der Waals surface area contributed by atoms with Crippen molar-refractivity contribution in [2.75, 3.05) is 7.11 Å². The van der Waals surface area contributed by atoms with E-state index in [9.17, 15) is 0 Å². The molecule has 0 heterocycles. The molecule has 0 aromatic heterocycles. The summed E-state index contributed by atoms with van der Waals surface area (Å²) in [5, 5.41) is 0. The fourth-order valence-electron chi connectivity index (χ4n) is 1.94. The summed E-state index contributed by atoms with van der Waals surface area (Å²) >= 11 is 3.48. The highest BCUT2D eigenvalue weighted by Crippen LogP contribution is 2.25. The summed E-state index contributed by atoms with van der Waals surface area (Å²) in [6.07, 6.45) is 0. The van der Waals surface area contributed by atoms with Crippen molar-refractivity contribution in [3.05, 3.63) is 57.6 Å². The molecule has 0 atom stereocenters. The summed E-state index contributed by atoms with van der Waals surface area (Å²) in [7, 11) is 1.66. The van der Waals surface area contributed by atoms with Gasteiger partial charge in [0.05, 0.1) is 7.11 Å². The predicted octanol–water partition coefficient (Wildman–Crippen LogP) is 3.80. The van der Waals surface area contributed by atoms with E-state index in [-0.39, 0.29) is 0 Å². The summed E-state index contributed by atoms with van der Waals surface area (Å²) in [5.74, 6) is 1.65. The topological polar surface area (TPSA) is 44.5 Å². The number of nitrogens with two attached hydrogens (primary N) is 1. The van der Waals surface area contributed by atoms with Crippen molar-refractivity contribution in [1.82, 2.24) is 0 Å². The lowest BCUT2D eigenvalue weighted by atomic mass is 10.1. The Morgan fingerprint density at radius 3 is 2.60 bits per heavy atom. The zero-order valence-electron chi connectivity index (χ0n) is 11.7. The molecule has 0 aliphatic rings. The molecule has 0 aliphatic carbocycles. The van der Waals surface area contributed by atoms with E-state index in [0.29, 0.717) is 13.2 Å². The van der Waals surface area contributed by atoms with E-state index in [0.717, 1.165) is 32.7 Å². The van der Waals surface area contributed by atoms with E-state index in [1.165, 1.54) is 0 Å². The molecule has 0 amide bonds. The third-order valence-corrected chi connectivity index (χ3v) is 3.99. The van der Waals surface area contributed by atoms with Crippen LogP contribution >= 0.6 is 15.9 Å². The highest BCUT2D eigenvalue weighted by Gasteiger charge is 2.06. The number of ether oxygens (including phenoxy) is 2. The molecule has 0 spiro atoms. The van der Waals surface area contributed by atoms with Crippen LogP contribution in [0.1, 0.15) is 16.7 Å². The van der Waals surface area contributed by atoms with Crippen LogP contribution in [0.3, 0.4) is 0 Å². The molecule has 2 aromatic carbocycles. The second-order valence-electron chi connectivity index (χ2n) is 4.55. The maximum atomic E-state index is 5.83. The Morgan fingerprint density at radius 2 is 1.95 bits per heavy atom. The lowest BCUT2D eigenvalue weighted by molar-refractivity contribution is 0.296. The fraction of sp³-hybridized carbons (Fsp3) is 0.250. The van der Waals surface area contributed by atoms with E-state index in [1.54, 1.807) is 7.11 Å². The Hall–Kier alpha value is -1.52. The molecule has 0 bridgehead atoms. The van der Waals surface area contributed by atoms with E-state index in [1.807, 2.05) is 43.3 Å². The summed E-state index contributed by atoms with van der Waals surface area (Å²) < 4.78 is 12.3. The molecule has 0 saturated heterocycles. The van der Waals surface area contributed by atoms with Crippen molar-refractivity contribution in [3.63, 3.8) is 0 Å². The van der Waals surface area contributed by atoms with Gasteiger partial charge in [0.1, 0.15) is 18.1 Å². The van der Waals surface area contributed by atoms with Crippen LogP contribution < -0.4 is 15.2 Å². The van der Waals surface area contributed by atoms with Gasteiger partial charge >= 0.3 is 0 Å². The second-order valence-corrected chi connectivity index (χ2v) is 5.40. The van der Waals surface area contributed by atoms with E-state index < -0.39 is 0 Å². The Balaban J connectivity index is 2.15. The summed E-state index contributed by atoms with van der Waals surface area (Å²) in [4.78, 5) is 0. The first-order chi connectivity index (χ1) is 9.63. The van der Waals surface area contributed by atoms with Crippen molar-refractivity contribution >= 4 is 15.9 Å².